The molecule has 0 bridgehead atoms. The Bertz CT molecular complexity index is 815. The first kappa shape index (κ1) is 38.4. The minimum Gasteiger partial charge on any atom is -0.478 e. The number of ether oxygens (including phenoxy) is 1. The highest BCUT2D eigenvalue weighted by Gasteiger charge is 2.36. The molecule has 0 aromatic carbocycles. The maximum atomic E-state index is 12.3. The van der Waals surface area contributed by atoms with Gasteiger partial charge in [-0.3, -0.25) is 4.79 Å². The second-order valence-corrected chi connectivity index (χ2v) is 10.9. The minimum atomic E-state index is -1.47. The van der Waals surface area contributed by atoms with E-state index in [1.807, 2.05) is 0 Å². The van der Waals surface area contributed by atoms with Crippen LogP contribution >= 0.6 is 0 Å². The van der Waals surface area contributed by atoms with Gasteiger partial charge in [-0.15, -0.1) is 0 Å². The van der Waals surface area contributed by atoms with E-state index in [-0.39, 0.29) is 6.42 Å². The van der Waals surface area contributed by atoms with Crippen molar-refractivity contribution in [3.63, 3.8) is 0 Å². The third kappa shape index (κ3) is 26.1. The number of hydrogen-bond acceptors (Lipinski definition) is 3. The Morgan fingerprint density at radius 2 is 0.927 bits per heavy atom. The summed E-state index contributed by atoms with van der Waals surface area (Å²) >= 11 is 0. The topological polar surface area (TPSA) is 63.6 Å². The smallest absolute Gasteiger partial charge is 0.347 e. The Hall–Kier alpha value is -2.62. The van der Waals surface area contributed by atoms with Gasteiger partial charge in [-0.05, 0) is 96.8 Å². The van der Waals surface area contributed by atoms with E-state index in [9.17, 15) is 14.7 Å². The van der Waals surface area contributed by atoms with Crippen LogP contribution in [0.25, 0.3) is 0 Å². The van der Waals surface area contributed by atoms with Gasteiger partial charge < -0.3 is 9.84 Å². The summed E-state index contributed by atoms with van der Waals surface area (Å²) in [6.45, 7) is 5.95. The molecule has 0 aliphatic carbocycles. The van der Waals surface area contributed by atoms with E-state index < -0.39 is 17.5 Å². The first-order valence-electron chi connectivity index (χ1n) is 16.3. The second-order valence-electron chi connectivity index (χ2n) is 10.9. The first-order valence-corrected chi connectivity index (χ1v) is 16.3. The van der Waals surface area contributed by atoms with Crippen molar-refractivity contribution in [3.05, 3.63) is 72.9 Å². The molecular weight excluding hydrogens is 508 g/mol. The summed E-state index contributed by atoms with van der Waals surface area (Å²) < 4.78 is 5.42. The maximum Gasteiger partial charge on any atom is 0.347 e. The van der Waals surface area contributed by atoms with Crippen LogP contribution in [0.5, 0.6) is 0 Å². The molecule has 0 aliphatic heterocycles. The molecule has 1 atom stereocenters. The molecule has 0 rings (SSSR count). The predicted molar refractivity (Wildman–Crippen MR) is 176 cm³/mol. The molecule has 1 N–H and O–H groups in total. The molecule has 0 fully saturated rings. The molecule has 1 unspecified atom stereocenters. The monoisotopic (exact) mass is 568 g/mol. The summed E-state index contributed by atoms with van der Waals surface area (Å²) in [6.07, 6.45) is 44.4. The van der Waals surface area contributed by atoms with Crippen LogP contribution in [0.4, 0.5) is 0 Å². The fourth-order valence-electron chi connectivity index (χ4n) is 4.17. The van der Waals surface area contributed by atoms with Gasteiger partial charge in [-0.2, -0.15) is 0 Å². The highest BCUT2D eigenvalue weighted by atomic mass is 16.6. The number of aliphatic carboxylic acids is 1. The molecule has 4 nitrogen and oxygen atoms in total. The van der Waals surface area contributed by atoms with Gasteiger partial charge in [0.25, 0.3) is 0 Å². The molecule has 0 saturated heterocycles. The lowest BCUT2D eigenvalue weighted by atomic mass is 9.98. The molecule has 0 saturated carbocycles. The van der Waals surface area contributed by atoms with Crippen LogP contribution in [0.2, 0.25) is 0 Å². The summed E-state index contributed by atoms with van der Waals surface area (Å²) in [5, 5.41) is 9.66. The van der Waals surface area contributed by atoms with Crippen molar-refractivity contribution >= 4 is 11.9 Å². The Labute approximate surface area is 252 Å². The summed E-state index contributed by atoms with van der Waals surface area (Å²) in [5.74, 6) is -1.51. The van der Waals surface area contributed by atoms with Crippen molar-refractivity contribution in [3.8, 4) is 0 Å². The Balaban J connectivity index is 4.00. The number of carboxylic acid groups (broad SMARTS) is 1. The number of esters is 1. The van der Waals surface area contributed by atoms with Crippen LogP contribution in [-0.2, 0) is 14.3 Å². The molecule has 0 aromatic heterocycles. The van der Waals surface area contributed by atoms with Gasteiger partial charge in [0.2, 0.25) is 5.60 Å². The number of unbranched alkanes of at least 4 members (excludes halogenated alkanes) is 9. The van der Waals surface area contributed by atoms with Gasteiger partial charge in [0.1, 0.15) is 0 Å². The van der Waals surface area contributed by atoms with Crippen LogP contribution in [-0.4, -0.2) is 22.6 Å². The van der Waals surface area contributed by atoms with Crippen LogP contribution < -0.4 is 0 Å². The van der Waals surface area contributed by atoms with Crippen LogP contribution in [0.15, 0.2) is 72.9 Å². The maximum absolute atomic E-state index is 12.3. The average molecular weight is 569 g/mol. The van der Waals surface area contributed by atoms with Crippen molar-refractivity contribution in [2.75, 3.05) is 0 Å². The lowest BCUT2D eigenvalue weighted by Gasteiger charge is -2.25. The molecule has 0 aromatic rings. The van der Waals surface area contributed by atoms with E-state index >= 15 is 0 Å². The van der Waals surface area contributed by atoms with Gasteiger partial charge in [-0.1, -0.05) is 112 Å². The Morgan fingerprint density at radius 3 is 1.32 bits per heavy atom. The largest absolute Gasteiger partial charge is 0.478 e. The van der Waals surface area contributed by atoms with E-state index in [2.05, 4.69) is 86.8 Å². The van der Waals surface area contributed by atoms with E-state index in [1.165, 1.54) is 58.3 Å². The number of carbonyl (C=O) groups excluding carboxylic acids is 1. The summed E-state index contributed by atoms with van der Waals surface area (Å²) in [7, 11) is 0. The van der Waals surface area contributed by atoms with Crippen LogP contribution in [0.1, 0.15) is 143 Å². The van der Waals surface area contributed by atoms with Crippen LogP contribution in [0.3, 0.4) is 0 Å². The lowest BCUT2D eigenvalue weighted by Crippen LogP contribution is -2.40. The summed E-state index contributed by atoms with van der Waals surface area (Å²) in [5.41, 5.74) is -1.47. The van der Waals surface area contributed by atoms with E-state index in [1.54, 1.807) is 0 Å². The number of carbonyl (C=O) groups is 2. The molecule has 4 heteroatoms. The van der Waals surface area contributed by atoms with Gasteiger partial charge >= 0.3 is 11.9 Å². The quantitative estimate of drug-likeness (QED) is 0.0608. The molecule has 232 valence electrons. The summed E-state index contributed by atoms with van der Waals surface area (Å²) in [6, 6.07) is 0. The normalized spacial score (nSPS) is 14.0. The zero-order valence-corrected chi connectivity index (χ0v) is 26.5. The average Bonchev–Trinajstić information content (AvgIpc) is 2.95. The third-order valence-corrected chi connectivity index (χ3v) is 6.86. The fraction of sp³-hybridized carbons (Fsp3) is 0.622. The zero-order chi connectivity index (χ0) is 30.3. The predicted octanol–water partition coefficient (Wildman–Crippen LogP) is 11.2. The zero-order valence-electron chi connectivity index (χ0n) is 26.5. The first-order chi connectivity index (χ1) is 20.0. The minimum absolute atomic E-state index is 0.251. The van der Waals surface area contributed by atoms with Crippen molar-refractivity contribution in [2.45, 2.75) is 148 Å². The Kier molecular flexibility index (Phi) is 27.0. The number of hydrogen-bond donors (Lipinski definition) is 1. The number of carboxylic acids is 1. The fourth-order valence-corrected chi connectivity index (χ4v) is 4.17. The third-order valence-electron chi connectivity index (χ3n) is 6.86. The van der Waals surface area contributed by atoms with Crippen LogP contribution in [0, 0.1) is 0 Å². The van der Waals surface area contributed by atoms with Crippen molar-refractivity contribution < 1.29 is 19.4 Å². The molecule has 0 amide bonds. The van der Waals surface area contributed by atoms with E-state index in [0.717, 1.165) is 44.9 Å². The van der Waals surface area contributed by atoms with Gasteiger partial charge in [0.15, 0.2) is 0 Å². The molecule has 0 radical (unpaired) electrons. The molecule has 0 spiro atoms. The molecular formula is C37H60O4. The molecule has 41 heavy (non-hydrogen) atoms. The highest BCUT2D eigenvalue weighted by molar-refractivity contribution is 5.81. The standard InChI is InChI=1S/C37H60O4/c1-4-6-8-10-12-14-16-18-20-21-23-25-27-29-31-33-35(38)41-37(3,36(39)40)34-32-30-28-26-24-22-19-17-15-13-11-9-7-5-2/h12-15,18-20,22-23,25-26,28H,4-11,16-17,21,24,27,29-34H2,1-3H3,(H,39,40)/b14-12-,15-13-,20-18-,22-19-,25-23-,28-26-. The Morgan fingerprint density at radius 1 is 0.561 bits per heavy atom. The van der Waals surface area contributed by atoms with Crippen molar-refractivity contribution in [1.82, 2.24) is 0 Å². The lowest BCUT2D eigenvalue weighted by molar-refractivity contribution is -0.177. The highest BCUT2D eigenvalue weighted by Crippen LogP contribution is 2.21. The van der Waals surface area contributed by atoms with Crippen molar-refractivity contribution in [1.29, 1.82) is 0 Å². The van der Waals surface area contributed by atoms with Gasteiger partial charge in [0, 0.05) is 6.42 Å². The van der Waals surface area contributed by atoms with Gasteiger partial charge in [-0.25, -0.2) is 4.79 Å². The second kappa shape index (κ2) is 28.9. The SMILES string of the molecule is CCCCC/C=C\C/C=C\C/C=C\CCCCC(=O)OC(C)(CCC/C=C\C/C=C\C/C=C\CCCCC)C(=O)O. The van der Waals surface area contributed by atoms with Crippen molar-refractivity contribution in [2.24, 2.45) is 0 Å². The van der Waals surface area contributed by atoms with Gasteiger partial charge in [0.05, 0.1) is 0 Å². The van der Waals surface area contributed by atoms with E-state index in [0.29, 0.717) is 19.3 Å². The number of allylic oxidation sites excluding steroid dienone is 12. The molecule has 0 aliphatic rings. The number of rotatable bonds is 27. The molecule has 0 heterocycles. The summed E-state index contributed by atoms with van der Waals surface area (Å²) in [4.78, 5) is 24.1. The van der Waals surface area contributed by atoms with E-state index in [4.69, 9.17) is 4.74 Å².